The number of carboxylic acids is 1. The van der Waals surface area contributed by atoms with Crippen LogP contribution >= 0.6 is 0 Å². The van der Waals surface area contributed by atoms with Gasteiger partial charge in [0.2, 0.25) is 5.91 Å². The van der Waals surface area contributed by atoms with Crippen molar-refractivity contribution in [2.75, 3.05) is 13.1 Å². The van der Waals surface area contributed by atoms with Crippen LogP contribution in [-0.2, 0) is 22.4 Å². The number of aryl methyl sites for hydroxylation is 2. The number of hydrogen-bond acceptors (Lipinski definition) is 4. The fraction of sp³-hybridized carbons (Fsp3) is 0.476. The van der Waals surface area contributed by atoms with Crippen molar-refractivity contribution in [3.8, 4) is 0 Å². The van der Waals surface area contributed by atoms with Crippen molar-refractivity contribution in [2.24, 2.45) is 5.41 Å². The minimum Gasteiger partial charge on any atom is -0.481 e. The van der Waals surface area contributed by atoms with E-state index < -0.39 is 23.3 Å². The highest BCUT2D eigenvalue weighted by molar-refractivity contribution is 5.80. The molecule has 0 bridgehead atoms. The maximum absolute atomic E-state index is 13.6. The van der Waals surface area contributed by atoms with Crippen molar-refractivity contribution in [1.29, 1.82) is 0 Å². The van der Waals surface area contributed by atoms with Crippen LogP contribution in [0.3, 0.4) is 0 Å². The number of rotatable bonds is 6. The van der Waals surface area contributed by atoms with Crippen molar-refractivity contribution >= 4 is 11.9 Å². The van der Waals surface area contributed by atoms with E-state index in [-0.39, 0.29) is 38.3 Å². The van der Waals surface area contributed by atoms with Crippen LogP contribution in [0.4, 0.5) is 4.39 Å². The fourth-order valence-corrected chi connectivity index (χ4v) is 3.93. The summed E-state index contributed by atoms with van der Waals surface area (Å²) in [6, 6.07) is 5.68. The third-order valence-corrected chi connectivity index (χ3v) is 5.90. The first kappa shape index (κ1) is 21.0. The molecule has 1 amide bonds. The molecule has 1 aromatic carbocycles. The predicted octanol–water partition coefficient (Wildman–Crippen LogP) is 2.01. The maximum Gasteiger partial charge on any atom is 0.314 e. The van der Waals surface area contributed by atoms with Crippen LogP contribution in [0, 0.1) is 25.1 Å². The first-order valence-corrected chi connectivity index (χ1v) is 9.67. The van der Waals surface area contributed by atoms with Crippen molar-refractivity contribution < 1.29 is 24.2 Å². The van der Waals surface area contributed by atoms with Gasteiger partial charge in [0.15, 0.2) is 0 Å². The van der Waals surface area contributed by atoms with Gasteiger partial charge in [-0.1, -0.05) is 12.1 Å². The molecule has 0 spiro atoms. The molecular formula is C21H26FN3O4. The number of aliphatic hydroxyl groups is 1. The largest absolute Gasteiger partial charge is 0.481 e. The number of halogens is 1. The number of benzene rings is 1. The van der Waals surface area contributed by atoms with Crippen LogP contribution in [-0.4, -0.2) is 56.4 Å². The van der Waals surface area contributed by atoms with Gasteiger partial charge in [0.05, 0.1) is 11.8 Å². The number of aromatic nitrogens is 2. The van der Waals surface area contributed by atoms with Gasteiger partial charge in [-0.15, -0.1) is 0 Å². The van der Waals surface area contributed by atoms with Crippen LogP contribution < -0.4 is 0 Å². The van der Waals surface area contributed by atoms with E-state index in [9.17, 15) is 24.2 Å². The van der Waals surface area contributed by atoms with E-state index in [0.29, 0.717) is 12.0 Å². The second-order valence-electron chi connectivity index (χ2n) is 7.81. The van der Waals surface area contributed by atoms with Crippen LogP contribution in [0.15, 0.2) is 24.3 Å². The molecule has 1 saturated heterocycles. The van der Waals surface area contributed by atoms with Crippen LogP contribution in [0.1, 0.15) is 35.4 Å². The predicted molar refractivity (Wildman–Crippen MR) is 104 cm³/mol. The Hall–Kier alpha value is -2.74. The van der Waals surface area contributed by atoms with E-state index in [2.05, 4.69) is 10.2 Å². The third kappa shape index (κ3) is 4.32. The average Bonchev–Trinajstić information content (AvgIpc) is 2.99. The number of aliphatic hydroxyl groups excluding tert-OH is 1. The molecule has 3 N–H and O–H groups in total. The van der Waals surface area contributed by atoms with Gasteiger partial charge in [-0.25, -0.2) is 4.39 Å². The van der Waals surface area contributed by atoms with Crippen molar-refractivity contribution in [1.82, 2.24) is 15.1 Å². The van der Waals surface area contributed by atoms with Gasteiger partial charge in [-0.05, 0) is 49.9 Å². The average molecular weight is 403 g/mol. The zero-order valence-electron chi connectivity index (χ0n) is 16.6. The van der Waals surface area contributed by atoms with E-state index in [4.69, 9.17) is 0 Å². The Morgan fingerprint density at radius 1 is 1.38 bits per heavy atom. The minimum atomic E-state index is -1.57. The number of aliphatic carboxylic acids is 1. The van der Waals surface area contributed by atoms with Gasteiger partial charge in [-0.2, -0.15) is 5.10 Å². The van der Waals surface area contributed by atoms with E-state index >= 15 is 0 Å². The molecule has 1 aliphatic rings. The van der Waals surface area contributed by atoms with Gasteiger partial charge in [0.1, 0.15) is 11.2 Å². The molecule has 0 aliphatic carbocycles. The molecule has 156 valence electrons. The van der Waals surface area contributed by atoms with E-state index in [1.165, 1.54) is 23.1 Å². The first-order chi connectivity index (χ1) is 13.7. The molecule has 1 aromatic heterocycles. The second-order valence-corrected chi connectivity index (χ2v) is 7.81. The van der Waals surface area contributed by atoms with Crippen LogP contribution in [0.25, 0.3) is 0 Å². The van der Waals surface area contributed by atoms with Gasteiger partial charge >= 0.3 is 5.97 Å². The number of likely N-dealkylation sites (tertiary alicyclic amines) is 1. The van der Waals surface area contributed by atoms with Crippen molar-refractivity contribution in [3.63, 3.8) is 0 Å². The Labute approximate surface area is 168 Å². The number of hydrogen-bond donors (Lipinski definition) is 3. The van der Waals surface area contributed by atoms with Gasteiger partial charge in [0.25, 0.3) is 0 Å². The van der Waals surface area contributed by atoms with E-state index in [1.807, 2.05) is 13.8 Å². The summed E-state index contributed by atoms with van der Waals surface area (Å²) < 4.78 is 13.6. The molecule has 2 heterocycles. The smallest absolute Gasteiger partial charge is 0.314 e. The number of carbonyl (C=O) groups excluding carboxylic acids is 1. The molecule has 2 aromatic rings. The Morgan fingerprint density at radius 3 is 2.76 bits per heavy atom. The normalized spacial score (nSPS) is 21.9. The quantitative estimate of drug-likeness (QED) is 0.684. The lowest BCUT2D eigenvalue weighted by atomic mass is 9.72. The molecule has 8 heteroatoms. The molecule has 7 nitrogen and oxygen atoms in total. The Bertz CT molecular complexity index is 913. The number of H-pyrrole nitrogens is 1. The lowest BCUT2D eigenvalue weighted by molar-refractivity contribution is -0.165. The van der Waals surface area contributed by atoms with Crippen molar-refractivity contribution in [3.05, 3.63) is 52.6 Å². The van der Waals surface area contributed by atoms with E-state index in [1.54, 1.807) is 6.07 Å². The highest BCUT2D eigenvalue weighted by Crippen LogP contribution is 2.35. The summed E-state index contributed by atoms with van der Waals surface area (Å²) in [4.78, 5) is 26.4. The SMILES string of the molecule is Cc1[nH]nc(CCC(=O)N2CC[C@@H](O)[C@](Cc3cccc(F)c3)(C(=O)O)C2)c1C. The molecule has 29 heavy (non-hydrogen) atoms. The molecule has 1 aliphatic heterocycles. The lowest BCUT2D eigenvalue weighted by Gasteiger charge is -2.43. The van der Waals surface area contributed by atoms with Crippen LogP contribution in [0.5, 0.6) is 0 Å². The molecule has 2 atom stereocenters. The van der Waals surface area contributed by atoms with Gasteiger partial charge in [-0.3, -0.25) is 14.7 Å². The summed E-state index contributed by atoms with van der Waals surface area (Å²) in [5, 5.41) is 27.6. The van der Waals surface area contributed by atoms with Gasteiger partial charge < -0.3 is 15.1 Å². The Kier molecular flexibility index (Phi) is 6.02. The molecule has 0 radical (unpaired) electrons. The summed E-state index contributed by atoms with van der Waals surface area (Å²) in [5.41, 5.74) is 1.69. The third-order valence-electron chi connectivity index (χ3n) is 5.90. The number of carbonyl (C=O) groups is 2. The number of amides is 1. The monoisotopic (exact) mass is 403 g/mol. The molecular weight excluding hydrogens is 377 g/mol. The molecule has 3 rings (SSSR count). The summed E-state index contributed by atoms with van der Waals surface area (Å²) in [7, 11) is 0. The fourth-order valence-electron chi connectivity index (χ4n) is 3.93. The summed E-state index contributed by atoms with van der Waals surface area (Å²) in [6.45, 7) is 4.02. The lowest BCUT2D eigenvalue weighted by Crippen LogP contribution is -2.58. The van der Waals surface area contributed by atoms with Crippen molar-refractivity contribution in [2.45, 2.75) is 45.6 Å². The topological polar surface area (TPSA) is 107 Å². The summed E-state index contributed by atoms with van der Waals surface area (Å²) in [5.74, 6) is -1.83. The van der Waals surface area contributed by atoms with Gasteiger partial charge in [0, 0.05) is 31.6 Å². The standard InChI is InChI=1S/C21H26FN3O4/c1-13-14(2)23-24-17(13)6-7-19(27)25-9-8-18(26)21(12-25,20(28)29)11-15-4-3-5-16(22)10-15/h3-5,10,18,26H,6-9,11-12H2,1-2H3,(H,23,24)(H,28,29)/t18-,21-/m1/s1. The number of nitrogens with one attached hydrogen (secondary N) is 1. The molecule has 1 fully saturated rings. The maximum atomic E-state index is 13.6. The molecule has 0 unspecified atom stereocenters. The number of nitrogens with zero attached hydrogens (tertiary/aromatic N) is 2. The Morgan fingerprint density at radius 2 is 2.14 bits per heavy atom. The summed E-state index contributed by atoms with van der Waals surface area (Å²) >= 11 is 0. The summed E-state index contributed by atoms with van der Waals surface area (Å²) in [6.07, 6.45) is -0.352. The zero-order valence-corrected chi connectivity index (χ0v) is 16.6. The van der Waals surface area contributed by atoms with Crippen LogP contribution in [0.2, 0.25) is 0 Å². The zero-order chi connectivity index (χ0) is 21.2. The molecule has 0 saturated carbocycles. The number of carboxylic acid groups (broad SMARTS) is 1. The highest BCUT2D eigenvalue weighted by atomic mass is 19.1. The highest BCUT2D eigenvalue weighted by Gasteiger charge is 2.50. The van der Waals surface area contributed by atoms with E-state index in [0.717, 1.165) is 17.0 Å². The number of piperidine rings is 1. The first-order valence-electron chi connectivity index (χ1n) is 9.67. The Balaban J connectivity index is 1.75. The number of aromatic amines is 1. The second kappa shape index (κ2) is 8.32. The minimum absolute atomic E-state index is 0.0529.